The number of aromatic nitrogens is 3. The molecule has 2 heterocycles. The summed E-state index contributed by atoms with van der Waals surface area (Å²) in [5, 5.41) is 12.5. The zero-order chi connectivity index (χ0) is 18.3. The third-order valence-corrected chi connectivity index (χ3v) is 6.42. The normalized spacial score (nSPS) is 11.4. The summed E-state index contributed by atoms with van der Waals surface area (Å²) in [6.07, 6.45) is 0. The Balaban J connectivity index is 1.73. The van der Waals surface area contributed by atoms with Crippen LogP contribution in [0.5, 0.6) is 0 Å². The van der Waals surface area contributed by atoms with E-state index in [9.17, 15) is 4.39 Å². The largest absolute Gasteiger partial charge is 0.260 e. The summed E-state index contributed by atoms with van der Waals surface area (Å²) in [5.41, 5.74) is 2.06. The van der Waals surface area contributed by atoms with E-state index >= 15 is 0 Å². The highest BCUT2D eigenvalue weighted by molar-refractivity contribution is 7.98. The van der Waals surface area contributed by atoms with Crippen molar-refractivity contribution in [1.82, 2.24) is 14.6 Å². The average Bonchev–Trinajstić information content (AvgIpc) is 3.19. The monoisotopic (exact) mass is 443 g/mol. The topological polar surface area (TPSA) is 30.2 Å². The Kier molecular flexibility index (Phi) is 5.12. The number of halogens is 4. The van der Waals surface area contributed by atoms with Gasteiger partial charge >= 0.3 is 0 Å². The molecule has 0 bridgehead atoms. The molecule has 0 saturated carbocycles. The first kappa shape index (κ1) is 18.1. The number of rotatable bonds is 4. The molecule has 0 unspecified atom stereocenters. The zero-order valence-electron chi connectivity index (χ0n) is 12.9. The molecule has 0 radical (unpaired) electrons. The molecule has 4 rings (SSSR count). The summed E-state index contributed by atoms with van der Waals surface area (Å²) in [4.78, 5) is 0.721. The fourth-order valence-corrected chi connectivity index (χ4v) is 5.04. The van der Waals surface area contributed by atoms with Gasteiger partial charge in [0.2, 0.25) is 4.96 Å². The molecule has 0 N–H and O–H groups in total. The maximum Gasteiger partial charge on any atom is 0.217 e. The molecular weight excluding hydrogens is 436 g/mol. The van der Waals surface area contributed by atoms with E-state index < -0.39 is 0 Å². The van der Waals surface area contributed by atoms with Crippen LogP contribution in [0.25, 0.3) is 16.2 Å². The number of hydrogen-bond acceptors (Lipinski definition) is 4. The van der Waals surface area contributed by atoms with Crippen LogP contribution in [-0.4, -0.2) is 14.6 Å². The van der Waals surface area contributed by atoms with Crippen LogP contribution in [0, 0.1) is 5.82 Å². The van der Waals surface area contributed by atoms with E-state index in [1.165, 1.54) is 29.2 Å². The van der Waals surface area contributed by atoms with E-state index in [1.54, 1.807) is 30.3 Å². The molecule has 0 spiro atoms. The summed E-state index contributed by atoms with van der Waals surface area (Å²) >= 11 is 21.4. The Labute approximate surface area is 171 Å². The van der Waals surface area contributed by atoms with Gasteiger partial charge in [-0.05, 0) is 30.3 Å². The van der Waals surface area contributed by atoms with Crippen molar-refractivity contribution in [2.75, 3.05) is 0 Å². The second-order valence-electron chi connectivity index (χ2n) is 5.33. The van der Waals surface area contributed by atoms with Gasteiger partial charge in [-0.3, -0.25) is 4.40 Å². The highest BCUT2D eigenvalue weighted by Gasteiger charge is 2.17. The Hall–Kier alpha value is -1.31. The molecule has 0 aliphatic heterocycles. The number of thiazole rings is 1. The van der Waals surface area contributed by atoms with Crippen LogP contribution < -0.4 is 0 Å². The van der Waals surface area contributed by atoms with Crippen LogP contribution >= 0.6 is 57.9 Å². The van der Waals surface area contributed by atoms with Crippen molar-refractivity contribution in [3.8, 4) is 11.3 Å². The van der Waals surface area contributed by atoms with Crippen molar-refractivity contribution in [3.05, 3.63) is 68.2 Å². The highest BCUT2D eigenvalue weighted by atomic mass is 35.5. The molecule has 26 heavy (non-hydrogen) atoms. The summed E-state index contributed by atoms with van der Waals surface area (Å²) in [6, 6.07) is 9.93. The lowest BCUT2D eigenvalue weighted by molar-refractivity contribution is 0.617. The minimum absolute atomic E-state index is 0.338. The zero-order valence-corrected chi connectivity index (χ0v) is 16.8. The Morgan fingerprint density at radius 3 is 2.73 bits per heavy atom. The maximum absolute atomic E-state index is 14.0. The van der Waals surface area contributed by atoms with Gasteiger partial charge in [-0.15, -0.1) is 21.5 Å². The molecule has 4 aromatic rings. The fraction of sp³-hybridized carbons (Fsp3) is 0.0588. The molecule has 0 saturated heterocycles. The third-order valence-electron chi connectivity index (χ3n) is 3.73. The van der Waals surface area contributed by atoms with Crippen molar-refractivity contribution in [2.24, 2.45) is 0 Å². The lowest BCUT2D eigenvalue weighted by Crippen LogP contribution is -1.93. The molecule has 2 aromatic heterocycles. The minimum atomic E-state index is -0.339. The molecule has 3 nitrogen and oxygen atoms in total. The smallest absolute Gasteiger partial charge is 0.217 e. The van der Waals surface area contributed by atoms with Crippen LogP contribution in [0.2, 0.25) is 15.1 Å². The fourth-order valence-electron chi connectivity index (χ4n) is 2.48. The Morgan fingerprint density at radius 1 is 1.08 bits per heavy atom. The van der Waals surface area contributed by atoms with E-state index in [-0.39, 0.29) is 5.82 Å². The second-order valence-corrected chi connectivity index (χ2v) is 8.36. The summed E-state index contributed by atoms with van der Waals surface area (Å²) in [6.45, 7) is 0. The predicted octanol–water partition coefficient (Wildman–Crippen LogP) is 6.85. The van der Waals surface area contributed by atoms with Crippen LogP contribution in [0.4, 0.5) is 4.39 Å². The molecule has 0 aliphatic carbocycles. The van der Waals surface area contributed by atoms with E-state index in [1.807, 2.05) is 9.78 Å². The van der Waals surface area contributed by atoms with Gasteiger partial charge in [-0.25, -0.2) is 4.39 Å². The van der Waals surface area contributed by atoms with Gasteiger partial charge in [0.1, 0.15) is 5.82 Å². The standard InChI is InChI=1S/C17H9Cl3FN3S2/c18-9-4-5-13(20)10(6-9)15-8-26-17-23-22-16(24(15)17)25-7-11-12(19)2-1-3-14(11)21/h1-6,8H,7H2. The van der Waals surface area contributed by atoms with E-state index in [0.29, 0.717) is 31.5 Å². The number of fused-ring (bicyclic) bond motifs is 1. The van der Waals surface area contributed by atoms with Crippen LogP contribution in [0.1, 0.15) is 5.56 Å². The molecule has 9 heteroatoms. The number of benzene rings is 2. The number of hydrogen-bond donors (Lipinski definition) is 0. The first-order valence-corrected chi connectivity index (χ1v) is 10.4. The van der Waals surface area contributed by atoms with Crippen molar-refractivity contribution in [1.29, 1.82) is 0 Å². The highest BCUT2D eigenvalue weighted by Crippen LogP contribution is 2.36. The lowest BCUT2D eigenvalue weighted by Gasteiger charge is -2.07. The Morgan fingerprint density at radius 2 is 1.92 bits per heavy atom. The third kappa shape index (κ3) is 3.32. The SMILES string of the molecule is Fc1cccc(Cl)c1CSc1nnc2scc(-c3cc(Cl)ccc3Cl)n12. The van der Waals surface area contributed by atoms with Crippen molar-refractivity contribution in [2.45, 2.75) is 10.9 Å². The molecule has 132 valence electrons. The average molecular weight is 445 g/mol. The van der Waals surface area contributed by atoms with E-state index in [0.717, 1.165) is 16.2 Å². The molecular formula is C17H9Cl3FN3S2. The van der Waals surface area contributed by atoms with Gasteiger partial charge < -0.3 is 0 Å². The predicted molar refractivity (Wildman–Crippen MR) is 107 cm³/mol. The van der Waals surface area contributed by atoms with Gasteiger partial charge in [-0.2, -0.15) is 0 Å². The minimum Gasteiger partial charge on any atom is -0.260 e. The van der Waals surface area contributed by atoms with Crippen LogP contribution in [0.15, 0.2) is 46.9 Å². The summed E-state index contributed by atoms with van der Waals surface area (Å²) in [7, 11) is 0. The van der Waals surface area contributed by atoms with E-state index in [4.69, 9.17) is 34.8 Å². The van der Waals surface area contributed by atoms with Crippen LogP contribution in [-0.2, 0) is 5.75 Å². The lowest BCUT2D eigenvalue weighted by atomic mass is 10.2. The van der Waals surface area contributed by atoms with Gasteiger partial charge in [0.15, 0.2) is 5.16 Å². The first-order chi connectivity index (χ1) is 12.5. The van der Waals surface area contributed by atoms with Crippen molar-refractivity contribution in [3.63, 3.8) is 0 Å². The van der Waals surface area contributed by atoms with E-state index in [2.05, 4.69) is 10.2 Å². The van der Waals surface area contributed by atoms with Crippen molar-refractivity contribution < 1.29 is 4.39 Å². The molecule has 0 aliphatic rings. The van der Waals surface area contributed by atoms with Crippen LogP contribution in [0.3, 0.4) is 0 Å². The second kappa shape index (κ2) is 7.37. The summed E-state index contributed by atoms with van der Waals surface area (Å²) < 4.78 is 15.9. The summed E-state index contributed by atoms with van der Waals surface area (Å²) in [5.74, 6) is -0.000556. The van der Waals surface area contributed by atoms with Gasteiger partial charge in [-0.1, -0.05) is 52.6 Å². The molecule has 2 aromatic carbocycles. The molecule has 0 fully saturated rings. The van der Waals surface area contributed by atoms with Gasteiger partial charge in [0.25, 0.3) is 0 Å². The Bertz CT molecular complexity index is 1090. The van der Waals surface area contributed by atoms with Crippen molar-refractivity contribution >= 4 is 62.9 Å². The molecule has 0 atom stereocenters. The van der Waals surface area contributed by atoms with Gasteiger partial charge in [0.05, 0.1) is 10.7 Å². The maximum atomic E-state index is 14.0. The molecule has 0 amide bonds. The number of thioether (sulfide) groups is 1. The first-order valence-electron chi connectivity index (χ1n) is 7.38. The number of nitrogens with zero attached hydrogens (tertiary/aromatic N) is 3. The quantitative estimate of drug-likeness (QED) is 0.322. The van der Waals surface area contributed by atoms with Gasteiger partial charge in [0, 0.05) is 32.3 Å².